The number of hydrogen-bond donors (Lipinski definition) is 1. The highest BCUT2D eigenvalue weighted by Gasteiger charge is 2.12. The van der Waals surface area contributed by atoms with Gasteiger partial charge in [0.2, 0.25) is 0 Å². The molecule has 0 aliphatic rings. The second-order valence-electron chi connectivity index (χ2n) is 5.87. The van der Waals surface area contributed by atoms with Crippen LogP contribution in [0.25, 0.3) is 0 Å². The van der Waals surface area contributed by atoms with Gasteiger partial charge in [0.15, 0.2) is 0 Å². The van der Waals surface area contributed by atoms with Gasteiger partial charge in [-0.15, -0.1) is 0 Å². The monoisotopic (exact) mass is 421 g/mol. The van der Waals surface area contributed by atoms with Crippen molar-refractivity contribution in [3.63, 3.8) is 0 Å². The van der Waals surface area contributed by atoms with E-state index in [9.17, 15) is 0 Å². The van der Waals surface area contributed by atoms with Crippen LogP contribution in [0.2, 0.25) is 0 Å². The third-order valence-electron chi connectivity index (χ3n) is 2.68. The lowest BCUT2D eigenvalue weighted by molar-refractivity contribution is -0.0164. The van der Waals surface area contributed by atoms with Crippen LogP contribution < -0.4 is 10.1 Å². The Bertz CT molecular complexity index is 421. The fourth-order valence-corrected chi connectivity index (χ4v) is 3.26. The Balaban J connectivity index is 2.55. The third kappa shape index (κ3) is 7.63. The molecule has 1 aromatic rings. The van der Waals surface area contributed by atoms with E-state index < -0.39 is 0 Å². The first-order valence-electron chi connectivity index (χ1n) is 7.29. The van der Waals surface area contributed by atoms with Gasteiger partial charge in [0.25, 0.3) is 0 Å². The highest BCUT2D eigenvalue weighted by atomic mass is 79.9. The highest BCUT2D eigenvalue weighted by molar-refractivity contribution is 9.11. The van der Waals surface area contributed by atoms with Crippen molar-refractivity contribution >= 4 is 31.9 Å². The number of ether oxygens (including phenoxy) is 2. The summed E-state index contributed by atoms with van der Waals surface area (Å²) >= 11 is 7.15. The van der Waals surface area contributed by atoms with Crippen molar-refractivity contribution in [2.75, 3.05) is 19.8 Å². The van der Waals surface area contributed by atoms with Crippen molar-refractivity contribution in [2.45, 2.75) is 46.3 Å². The lowest BCUT2D eigenvalue weighted by atomic mass is 10.2. The fourth-order valence-electron chi connectivity index (χ4n) is 1.75. The topological polar surface area (TPSA) is 30.5 Å². The van der Waals surface area contributed by atoms with E-state index in [2.05, 4.69) is 56.2 Å². The molecular weight excluding hydrogens is 398 g/mol. The minimum Gasteiger partial charge on any atom is -0.489 e. The van der Waals surface area contributed by atoms with Crippen LogP contribution in [0, 0.1) is 0 Å². The Morgan fingerprint density at radius 3 is 2.24 bits per heavy atom. The zero-order chi connectivity index (χ0) is 15.9. The van der Waals surface area contributed by atoms with Gasteiger partial charge in [-0.1, -0.05) is 6.92 Å². The average Bonchev–Trinajstić information content (AvgIpc) is 2.36. The van der Waals surface area contributed by atoms with Gasteiger partial charge in [0.05, 0.1) is 21.2 Å². The number of halogens is 2. The van der Waals surface area contributed by atoms with Gasteiger partial charge in [-0.05, 0) is 83.3 Å². The maximum atomic E-state index is 5.80. The average molecular weight is 423 g/mol. The quantitative estimate of drug-likeness (QED) is 0.604. The first-order chi connectivity index (χ1) is 9.83. The van der Waals surface area contributed by atoms with E-state index in [1.165, 1.54) is 5.56 Å². The van der Waals surface area contributed by atoms with Crippen LogP contribution in [-0.4, -0.2) is 25.4 Å². The van der Waals surface area contributed by atoms with E-state index in [-0.39, 0.29) is 5.60 Å². The molecule has 1 N–H and O–H groups in total. The standard InChI is InChI=1S/C16H25Br2NO2/c1-5-6-19-11-12-9-13(17)15(14(18)10-12)20-7-8-21-16(2,3)4/h9-10,19H,5-8,11H2,1-4H3. The Kier molecular flexibility index (Phi) is 8.24. The molecule has 1 aromatic carbocycles. The van der Waals surface area contributed by atoms with Crippen LogP contribution in [0.15, 0.2) is 21.1 Å². The summed E-state index contributed by atoms with van der Waals surface area (Å²) in [5, 5.41) is 3.39. The van der Waals surface area contributed by atoms with Gasteiger partial charge in [-0.3, -0.25) is 0 Å². The number of rotatable bonds is 8. The Morgan fingerprint density at radius 1 is 1.10 bits per heavy atom. The smallest absolute Gasteiger partial charge is 0.147 e. The van der Waals surface area contributed by atoms with Crippen molar-refractivity contribution in [2.24, 2.45) is 0 Å². The molecule has 3 nitrogen and oxygen atoms in total. The van der Waals surface area contributed by atoms with E-state index in [4.69, 9.17) is 9.47 Å². The predicted molar refractivity (Wildman–Crippen MR) is 95.0 cm³/mol. The van der Waals surface area contributed by atoms with E-state index in [1.807, 2.05) is 20.8 Å². The molecule has 0 aliphatic carbocycles. The lowest BCUT2D eigenvalue weighted by Gasteiger charge is -2.20. The van der Waals surface area contributed by atoms with Crippen LogP contribution in [0.5, 0.6) is 5.75 Å². The molecule has 5 heteroatoms. The molecule has 0 unspecified atom stereocenters. The molecule has 0 radical (unpaired) electrons. The van der Waals surface area contributed by atoms with E-state index >= 15 is 0 Å². The maximum absolute atomic E-state index is 5.80. The molecule has 0 amide bonds. The summed E-state index contributed by atoms with van der Waals surface area (Å²) in [6.45, 7) is 11.3. The van der Waals surface area contributed by atoms with Crippen molar-refractivity contribution in [1.82, 2.24) is 5.32 Å². The van der Waals surface area contributed by atoms with Crippen molar-refractivity contribution in [1.29, 1.82) is 0 Å². The summed E-state index contributed by atoms with van der Waals surface area (Å²) in [7, 11) is 0. The molecule has 0 saturated carbocycles. The molecule has 0 aromatic heterocycles. The Morgan fingerprint density at radius 2 is 1.71 bits per heavy atom. The normalized spacial score (nSPS) is 11.7. The second-order valence-corrected chi connectivity index (χ2v) is 7.58. The number of hydrogen-bond acceptors (Lipinski definition) is 3. The summed E-state index contributed by atoms with van der Waals surface area (Å²) in [6, 6.07) is 4.18. The van der Waals surface area contributed by atoms with Gasteiger partial charge in [0, 0.05) is 6.54 Å². The molecular formula is C16H25Br2NO2. The van der Waals surface area contributed by atoms with Crippen LogP contribution in [0.1, 0.15) is 39.7 Å². The van der Waals surface area contributed by atoms with Crippen molar-refractivity contribution in [3.05, 3.63) is 26.6 Å². The van der Waals surface area contributed by atoms with E-state index in [1.54, 1.807) is 0 Å². The van der Waals surface area contributed by atoms with Crippen LogP contribution >= 0.6 is 31.9 Å². The third-order valence-corrected chi connectivity index (χ3v) is 3.86. The number of nitrogens with one attached hydrogen (secondary N) is 1. The molecule has 0 saturated heterocycles. The summed E-state index contributed by atoms with van der Waals surface area (Å²) < 4.78 is 13.4. The fraction of sp³-hybridized carbons (Fsp3) is 0.625. The van der Waals surface area contributed by atoms with Gasteiger partial charge in [-0.25, -0.2) is 0 Å². The summed E-state index contributed by atoms with van der Waals surface area (Å²) in [5.74, 6) is 0.826. The molecule has 120 valence electrons. The first kappa shape index (κ1) is 18.9. The molecule has 0 heterocycles. The maximum Gasteiger partial charge on any atom is 0.147 e. The molecule has 0 aliphatic heterocycles. The van der Waals surface area contributed by atoms with Crippen LogP contribution in [0.3, 0.4) is 0 Å². The number of benzene rings is 1. The van der Waals surface area contributed by atoms with Gasteiger partial charge in [0.1, 0.15) is 12.4 Å². The zero-order valence-corrected chi connectivity index (χ0v) is 16.4. The molecule has 0 atom stereocenters. The first-order valence-corrected chi connectivity index (χ1v) is 8.87. The van der Waals surface area contributed by atoms with Crippen molar-refractivity contribution < 1.29 is 9.47 Å². The second kappa shape index (κ2) is 9.13. The SMILES string of the molecule is CCCNCc1cc(Br)c(OCCOC(C)(C)C)c(Br)c1. The highest BCUT2D eigenvalue weighted by Crippen LogP contribution is 2.34. The van der Waals surface area contributed by atoms with Gasteiger partial charge >= 0.3 is 0 Å². The Hall–Kier alpha value is -0.100. The van der Waals surface area contributed by atoms with Gasteiger partial charge < -0.3 is 14.8 Å². The molecule has 1 rings (SSSR count). The zero-order valence-electron chi connectivity index (χ0n) is 13.3. The predicted octanol–water partition coefficient (Wildman–Crippen LogP) is 4.91. The minimum absolute atomic E-state index is 0.132. The molecule has 21 heavy (non-hydrogen) atoms. The summed E-state index contributed by atoms with van der Waals surface area (Å²) in [6.07, 6.45) is 1.14. The molecule has 0 spiro atoms. The minimum atomic E-state index is -0.132. The Labute approximate surface area is 145 Å². The van der Waals surface area contributed by atoms with Crippen LogP contribution in [0.4, 0.5) is 0 Å². The summed E-state index contributed by atoms with van der Waals surface area (Å²) in [5.41, 5.74) is 1.09. The van der Waals surface area contributed by atoms with E-state index in [0.717, 1.165) is 34.2 Å². The van der Waals surface area contributed by atoms with Crippen molar-refractivity contribution in [3.8, 4) is 5.75 Å². The van der Waals surface area contributed by atoms with Gasteiger partial charge in [-0.2, -0.15) is 0 Å². The lowest BCUT2D eigenvalue weighted by Crippen LogP contribution is -2.22. The summed E-state index contributed by atoms with van der Waals surface area (Å²) in [4.78, 5) is 0. The largest absolute Gasteiger partial charge is 0.489 e. The van der Waals surface area contributed by atoms with Crippen LogP contribution in [-0.2, 0) is 11.3 Å². The molecule has 0 fully saturated rings. The van der Waals surface area contributed by atoms with E-state index in [0.29, 0.717) is 13.2 Å². The molecule has 0 bridgehead atoms.